The molecule has 1 aliphatic heterocycles. The Hall–Kier alpha value is -2.21. The van der Waals surface area contributed by atoms with Crippen LogP contribution in [0.3, 0.4) is 0 Å². The Labute approximate surface area is 135 Å². The zero-order valence-corrected chi connectivity index (χ0v) is 13.3. The summed E-state index contributed by atoms with van der Waals surface area (Å²) in [6.07, 6.45) is 3.74. The number of halogens is 1. The number of aromatic nitrogens is 3. The molecule has 3 heterocycles. The van der Waals surface area contributed by atoms with Crippen molar-refractivity contribution in [1.82, 2.24) is 15.0 Å². The van der Waals surface area contributed by atoms with E-state index >= 15 is 0 Å². The second-order valence-electron chi connectivity index (χ2n) is 5.29. The number of hydrogen-bond acceptors (Lipinski definition) is 4. The molecule has 0 fully saturated rings. The normalized spacial score (nSPS) is 14.1. The van der Waals surface area contributed by atoms with Crippen LogP contribution in [0.15, 0.2) is 45.8 Å². The average Bonchev–Trinajstić information content (AvgIpc) is 2.53. The lowest BCUT2D eigenvalue weighted by Gasteiger charge is -2.31. The second-order valence-corrected chi connectivity index (χ2v) is 6.21. The van der Waals surface area contributed by atoms with E-state index < -0.39 is 0 Å². The third-order valence-electron chi connectivity index (χ3n) is 3.90. The SMILES string of the molecule is O=c1nc(N2CCCc3ccc(Br)cc32)c2cccnc2[nH]1. The highest BCUT2D eigenvalue weighted by Gasteiger charge is 2.22. The molecule has 2 aromatic heterocycles. The molecule has 0 saturated carbocycles. The number of aryl methyl sites for hydroxylation is 1. The molecule has 1 N–H and O–H groups in total. The first-order chi connectivity index (χ1) is 10.7. The van der Waals surface area contributed by atoms with Crippen molar-refractivity contribution in [3.8, 4) is 0 Å². The van der Waals surface area contributed by atoms with Crippen LogP contribution in [-0.4, -0.2) is 21.5 Å². The second kappa shape index (κ2) is 5.21. The molecule has 6 heteroatoms. The molecule has 0 spiro atoms. The topological polar surface area (TPSA) is 61.9 Å². The van der Waals surface area contributed by atoms with Gasteiger partial charge in [-0.2, -0.15) is 4.98 Å². The van der Waals surface area contributed by atoms with Crippen LogP contribution >= 0.6 is 15.9 Å². The molecule has 0 amide bonds. The molecule has 0 saturated heterocycles. The number of pyridine rings is 1. The lowest BCUT2D eigenvalue weighted by Crippen LogP contribution is -2.28. The summed E-state index contributed by atoms with van der Waals surface area (Å²) in [5.74, 6) is 0.672. The third-order valence-corrected chi connectivity index (χ3v) is 4.40. The van der Waals surface area contributed by atoms with Gasteiger partial charge in [-0.25, -0.2) is 9.78 Å². The first-order valence-electron chi connectivity index (χ1n) is 7.13. The standard InChI is InChI=1S/C16H13BrN4O/c17-11-6-5-10-3-2-8-21(13(10)9-11)15-12-4-1-7-18-14(12)19-16(22)20-15/h1,4-7,9H,2-3,8H2,(H,18,19,20,22). The Morgan fingerprint density at radius 3 is 3.09 bits per heavy atom. The summed E-state index contributed by atoms with van der Waals surface area (Å²) >= 11 is 3.53. The fraction of sp³-hybridized carbons (Fsp3) is 0.188. The van der Waals surface area contributed by atoms with Crippen molar-refractivity contribution in [3.05, 3.63) is 57.0 Å². The van der Waals surface area contributed by atoms with Crippen LogP contribution in [0.5, 0.6) is 0 Å². The van der Waals surface area contributed by atoms with E-state index in [0.29, 0.717) is 11.5 Å². The van der Waals surface area contributed by atoms with Crippen LogP contribution < -0.4 is 10.6 Å². The summed E-state index contributed by atoms with van der Waals surface area (Å²) in [5.41, 5.74) is 2.57. The molecular formula is C16H13BrN4O. The van der Waals surface area contributed by atoms with E-state index in [1.807, 2.05) is 18.2 Å². The van der Waals surface area contributed by atoms with Crippen LogP contribution in [0.4, 0.5) is 11.5 Å². The molecule has 22 heavy (non-hydrogen) atoms. The average molecular weight is 357 g/mol. The van der Waals surface area contributed by atoms with Crippen molar-refractivity contribution in [2.75, 3.05) is 11.4 Å². The molecule has 1 aliphatic rings. The Morgan fingerprint density at radius 1 is 1.27 bits per heavy atom. The lowest BCUT2D eigenvalue weighted by molar-refractivity contribution is 0.759. The van der Waals surface area contributed by atoms with Gasteiger partial charge in [0.2, 0.25) is 0 Å². The van der Waals surface area contributed by atoms with Gasteiger partial charge in [0.25, 0.3) is 0 Å². The molecule has 0 bridgehead atoms. The van der Waals surface area contributed by atoms with Crippen molar-refractivity contribution >= 4 is 38.5 Å². The zero-order valence-electron chi connectivity index (χ0n) is 11.7. The highest BCUT2D eigenvalue weighted by atomic mass is 79.9. The third kappa shape index (κ3) is 2.20. The van der Waals surface area contributed by atoms with Gasteiger partial charge in [0.15, 0.2) is 0 Å². The molecule has 110 valence electrons. The van der Waals surface area contributed by atoms with Crippen molar-refractivity contribution in [2.45, 2.75) is 12.8 Å². The van der Waals surface area contributed by atoms with Gasteiger partial charge in [-0.3, -0.25) is 4.98 Å². The van der Waals surface area contributed by atoms with E-state index in [4.69, 9.17) is 0 Å². The minimum Gasteiger partial charge on any atom is -0.325 e. The van der Waals surface area contributed by atoms with Crippen LogP contribution in [-0.2, 0) is 6.42 Å². The fourth-order valence-electron chi connectivity index (χ4n) is 2.94. The summed E-state index contributed by atoms with van der Waals surface area (Å²) < 4.78 is 1.02. The smallest absolute Gasteiger partial charge is 0.325 e. The first kappa shape index (κ1) is 13.5. The highest BCUT2D eigenvalue weighted by Crippen LogP contribution is 2.36. The van der Waals surface area contributed by atoms with Crippen LogP contribution in [0.1, 0.15) is 12.0 Å². The van der Waals surface area contributed by atoms with Crippen molar-refractivity contribution in [2.24, 2.45) is 0 Å². The lowest BCUT2D eigenvalue weighted by atomic mass is 10.0. The molecule has 0 radical (unpaired) electrons. The number of benzene rings is 1. The molecule has 5 nitrogen and oxygen atoms in total. The van der Waals surface area contributed by atoms with E-state index in [-0.39, 0.29) is 5.69 Å². The highest BCUT2D eigenvalue weighted by molar-refractivity contribution is 9.10. The number of H-pyrrole nitrogens is 1. The van der Waals surface area contributed by atoms with E-state index in [1.54, 1.807) is 6.20 Å². The minimum absolute atomic E-state index is 0.372. The zero-order chi connectivity index (χ0) is 15.1. The largest absolute Gasteiger partial charge is 0.348 e. The number of anilines is 2. The Kier molecular flexibility index (Phi) is 3.18. The number of aromatic amines is 1. The summed E-state index contributed by atoms with van der Waals surface area (Å²) in [6.45, 7) is 0.837. The molecule has 0 aliphatic carbocycles. The van der Waals surface area contributed by atoms with Gasteiger partial charge in [0.1, 0.15) is 11.5 Å². The Balaban J connectivity index is 1.98. The molecule has 4 rings (SSSR count). The van der Waals surface area contributed by atoms with Crippen LogP contribution in [0.25, 0.3) is 11.0 Å². The van der Waals surface area contributed by atoms with E-state index in [1.165, 1.54) is 5.56 Å². The Bertz CT molecular complexity index is 921. The fourth-order valence-corrected chi connectivity index (χ4v) is 3.29. The van der Waals surface area contributed by atoms with Crippen LogP contribution in [0, 0.1) is 0 Å². The summed E-state index contributed by atoms with van der Waals surface area (Å²) in [6, 6.07) is 10.1. The summed E-state index contributed by atoms with van der Waals surface area (Å²) in [4.78, 5) is 25.1. The molecule has 1 aromatic carbocycles. The summed E-state index contributed by atoms with van der Waals surface area (Å²) in [7, 11) is 0. The maximum atomic E-state index is 11.9. The van der Waals surface area contributed by atoms with Gasteiger partial charge in [0.05, 0.1) is 5.39 Å². The van der Waals surface area contributed by atoms with Crippen molar-refractivity contribution in [1.29, 1.82) is 0 Å². The maximum Gasteiger partial charge on any atom is 0.348 e. The predicted octanol–water partition coefficient (Wildman–Crippen LogP) is 3.16. The predicted molar refractivity (Wildman–Crippen MR) is 89.6 cm³/mol. The number of nitrogens with one attached hydrogen (secondary N) is 1. The quantitative estimate of drug-likeness (QED) is 0.727. The minimum atomic E-state index is -0.372. The van der Waals surface area contributed by atoms with Crippen LogP contribution in [0.2, 0.25) is 0 Å². The number of nitrogens with zero attached hydrogens (tertiary/aromatic N) is 3. The van der Waals surface area contributed by atoms with Gasteiger partial charge in [-0.05, 0) is 42.7 Å². The van der Waals surface area contributed by atoms with Gasteiger partial charge in [0, 0.05) is 22.9 Å². The maximum absolute atomic E-state index is 11.9. The van der Waals surface area contributed by atoms with E-state index in [2.05, 4.69) is 47.9 Å². The Morgan fingerprint density at radius 2 is 2.18 bits per heavy atom. The van der Waals surface area contributed by atoms with Gasteiger partial charge in [-0.1, -0.05) is 22.0 Å². The number of hydrogen-bond donors (Lipinski definition) is 1. The molecule has 0 atom stereocenters. The first-order valence-corrected chi connectivity index (χ1v) is 7.93. The van der Waals surface area contributed by atoms with Crippen molar-refractivity contribution < 1.29 is 0 Å². The summed E-state index contributed by atoms with van der Waals surface area (Å²) in [5, 5.41) is 0.856. The van der Waals surface area contributed by atoms with Crippen molar-refractivity contribution in [3.63, 3.8) is 0 Å². The molecule has 0 unspecified atom stereocenters. The number of rotatable bonds is 1. The van der Waals surface area contributed by atoms with Gasteiger partial charge >= 0.3 is 5.69 Å². The van der Waals surface area contributed by atoms with E-state index in [0.717, 1.165) is 34.9 Å². The monoisotopic (exact) mass is 356 g/mol. The molecule has 3 aromatic rings. The number of fused-ring (bicyclic) bond motifs is 2. The molecular weight excluding hydrogens is 344 g/mol. The van der Waals surface area contributed by atoms with E-state index in [9.17, 15) is 4.79 Å². The van der Waals surface area contributed by atoms with Gasteiger partial charge in [-0.15, -0.1) is 0 Å². The van der Waals surface area contributed by atoms with Gasteiger partial charge < -0.3 is 4.90 Å².